The molecule has 0 bridgehead atoms. The second kappa shape index (κ2) is 22.9. The number of phenols is 1. The number of carboxylic acid groups (broad SMARTS) is 3. The summed E-state index contributed by atoms with van der Waals surface area (Å²) in [6, 6.07) is 0. The minimum Gasteiger partial charge on any atom is -0.506 e. The molecule has 5 unspecified atom stereocenters. The largest absolute Gasteiger partial charge is 0.506 e. The smallest absolute Gasteiger partial charge is 0.340 e. The molecule has 11 heteroatoms. The molecule has 0 radical (unpaired) electrons. The Hall–Kier alpha value is -4.90. The summed E-state index contributed by atoms with van der Waals surface area (Å²) in [5.41, 5.74) is -2.67. The maximum Gasteiger partial charge on any atom is 0.340 e. The lowest BCUT2D eigenvalue weighted by atomic mass is 9.60. The van der Waals surface area contributed by atoms with Gasteiger partial charge in [0.1, 0.15) is 28.4 Å². The van der Waals surface area contributed by atoms with Gasteiger partial charge in [0.15, 0.2) is 11.4 Å². The van der Waals surface area contributed by atoms with E-state index in [1.54, 1.807) is 26.0 Å². The van der Waals surface area contributed by atoms with Gasteiger partial charge in [0.25, 0.3) is 0 Å². The van der Waals surface area contributed by atoms with Crippen molar-refractivity contribution in [3.05, 3.63) is 81.5 Å². The fourth-order valence-electron chi connectivity index (χ4n) is 10.7. The number of ketones is 1. The van der Waals surface area contributed by atoms with Crippen LogP contribution < -0.4 is 9.47 Å². The number of aliphatic carboxylic acids is 3. The van der Waals surface area contributed by atoms with Crippen molar-refractivity contribution in [3.63, 3.8) is 0 Å². The highest BCUT2D eigenvalue weighted by Gasteiger charge is 2.77. The SMILES string of the molecule is CC(C)=CCCC1(C)C=Cc2c(O)c3c(c(CC=C(C)C)c2O1)OC12C(=CCCC1C(C)(C)OC2(CC=C(C)C(=O)O)C(=O)O)C3=O.O=C(O)CCCCCCCCCCCCC1C=CCC1. The molecule has 5 aliphatic rings. The Balaban J connectivity index is 0.000000352. The Kier molecular flexibility index (Phi) is 18.2. The average Bonchev–Trinajstić information content (AvgIpc) is 3.85. The highest BCUT2D eigenvalue weighted by atomic mass is 16.6. The molecule has 3 heterocycles. The van der Waals surface area contributed by atoms with Gasteiger partial charge in [0, 0.05) is 35.5 Å². The Morgan fingerprint density at radius 2 is 1.43 bits per heavy atom. The average molecular weight is 927 g/mol. The predicted molar refractivity (Wildman–Crippen MR) is 263 cm³/mol. The zero-order chi connectivity index (χ0) is 49.2. The number of hydrogen-bond acceptors (Lipinski definition) is 8. The van der Waals surface area contributed by atoms with Crippen molar-refractivity contribution in [1.29, 1.82) is 0 Å². The summed E-state index contributed by atoms with van der Waals surface area (Å²) in [6.45, 7) is 14.9. The van der Waals surface area contributed by atoms with E-state index in [-0.39, 0.29) is 34.6 Å². The molecule has 0 aromatic heterocycles. The number of Topliss-reactive ketones (excluding diaryl/α,β-unsaturated/α-hetero) is 1. The van der Waals surface area contributed by atoms with Crippen LogP contribution >= 0.6 is 0 Å². The molecule has 4 N–H and O–H groups in total. The van der Waals surface area contributed by atoms with E-state index in [1.165, 1.54) is 89.2 Å². The topological polar surface area (TPSA) is 177 Å². The molecule has 67 heavy (non-hydrogen) atoms. The monoisotopic (exact) mass is 927 g/mol. The van der Waals surface area contributed by atoms with E-state index in [0.29, 0.717) is 49.0 Å². The number of hydrogen-bond donors (Lipinski definition) is 4. The number of rotatable bonds is 22. The lowest BCUT2D eigenvalue weighted by Crippen LogP contribution is -2.66. The van der Waals surface area contributed by atoms with E-state index in [0.717, 1.165) is 30.8 Å². The van der Waals surface area contributed by atoms with Crippen LogP contribution in [-0.2, 0) is 25.5 Å². The number of allylic oxidation sites excluding steroid dienone is 7. The minimum atomic E-state index is -2.16. The Bertz CT molecular complexity index is 2180. The van der Waals surface area contributed by atoms with Crippen molar-refractivity contribution in [2.24, 2.45) is 11.8 Å². The zero-order valence-electron chi connectivity index (χ0n) is 41.6. The van der Waals surface area contributed by atoms with E-state index in [4.69, 9.17) is 19.3 Å². The Morgan fingerprint density at radius 3 is 2.01 bits per heavy atom. The molecule has 5 atom stereocenters. The van der Waals surface area contributed by atoms with Gasteiger partial charge in [-0.25, -0.2) is 9.59 Å². The van der Waals surface area contributed by atoms with Gasteiger partial charge in [0.2, 0.25) is 5.60 Å². The van der Waals surface area contributed by atoms with Crippen LogP contribution in [0.1, 0.15) is 199 Å². The molecule has 6 rings (SSSR count). The van der Waals surface area contributed by atoms with Crippen LogP contribution in [0, 0.1) is 11.8 Å². The Morgan fingerprint density at radius 1 is 0.791 bits per heavy atom. The third-order valence-electron chi connectivity index (χ3n) is 14.4. The molecule has 368 valence electrons. The molecular formula is C56H78O11. The van der Waals surface area contributed by atoms with Gasteiger partial charge in [-0.3, -0.25) is 9.59 Å². The van der Waals surface area contributed by atoms with Crippen molar-refractivity contribution < 1.29 is 53.8 Å². The van der Waals surface area contributed by atoms with Crippen molar-refractivity contribution in [3.8, 4) is 17.2 Å². The van der Waals surface area contributed by atoms with Crippen molar-refractivity contribution in [2.75, 3.05) is 0 Å². The number of benzene rings is 1. The molecular weight excluding hydrogens is 849 g/mol. The number of carbonyl (C=O) groups is 4. The van der Waals surface area contributed by atoms with Gasteiger partial charge in [-0.05, 0) is 131 Å². The maximum atomic E-state index is 14.7. The minimum absolute atomic E-state index is 0.0407. The molecule has 1 aromatic carbocycles. The maximum absolute atomic E-state index is 14.7. The number of carboxylic acids is 3. The second-order valence-electron chi connectivity index (χ2n) is 20.7. The van der Waals surface area contributed by atoms with Gasteiger partial charge in [0.05, 0.1) is 11.2 Å². The van der Waals surface area contributed by atoms with E-state index >= 15 is 0 Å². The summed E-state index contributed by atoms with van der Waals surface area (Å²) >= 11 is 0. The van der Waals surface area contributed by atoms with Gasteiger partial charge in [-0.2, -0.15) is 0 Å². The van der Waals surface area contributed by atoms with Crippen LogP contribution in [0.4, 0.5) is 0 Å². The van der Waals surface area contributed by atoms with Crippen LogP contribution in [0.2, 0.25) is 0 Å². The van der Waals surface area contributed by atoms with Crippen LogP contribution in [0.5, 0.6) is 17.2 Å². The van der Waals surface area contributed by atoms with Crippen molar-refractivity contribution in [1.82, 2.24) is 0 Å². The Labute approximate surface area is 399 Å². The second-order valence-corrected chi connectivity index (χ2v) is 20.7. The molecule has 11 nitrogen and oxygen atoms in total. The van der Waals surface area contributed by atoms with E-state index in [2.05, 4.69) is 18.2 Å². The molecule has 3 aliphatic heterocycles. The lowest BCUT2D eigenvalue weighted by molar-refractivity contribution is -0.184. The molecule has 0 saturated carbocycles. The summed E-state index contributed by atoms with van der Waals surface area (Å²) in [7, 11) is 0. The zero-order valence-corrected chi connectivity index (χ0v) is 41.6. The van der Waals surface area contributed by atoms with E-state index < -0.39 is 52.0 Å². The molecule has 1 spiro atoms. The fraction of sp³-hybridized carbons (Fsp3) is 0.607. The summed E-state index contributed by atoms with van der Waals surface area (Å²) in [5.74, 6) is -3.30. The van der Waals surface area contributed by atoms with Crippen LogP contribution in [0.15, 0.2) is 64.8 Å². The predicted octanol–water partition coefficient (Wildman–Crippen LogP) is 13.2. The third kappa shape index (κ3) is 12.2. The summed E-state index contributed by atoms with van der Waals surface area (Å²) in [5, 5.41) is 40.9. The standard InChI is InChI=1S/C38H46O9.C18H32O2/c1-21(2)11-10-18-36(8)19-17-24-29(39)28-30(40)26-12-9-13-27-35(6,7)47-37(34(43)44,20-16-23(5)33(41)42)38(26,27)46-32(28)25(31(24)45-36)15-14-22(3)4;19-18(20)16-10-8-6-4-2-1-3-5-7-9-13-17-14-11-12-15-17/h11-12,14,16-17,19,27,39H,9-10,13,15,18,20H2,1-8H3,(H,41,42)(H,43,44);11,14,17H,1-10,12-13,15-16H2,(H,19,20). The first-order valence-corrected chi connectivity index (χ1v) is 24.9. The lowest BCUT2D eigenvalue weighted by Gasteiger charge is -2.50. The van der Waals surface area contributed by atoms with Crippen LogP contribution in [-0.4, -0.2) is 66.5 Å². The van der Waals surface area contributed by atoms with Crippen LogP contribution in [0.3, 0.4) is 0 Å². The summed E-state index contributed by atoms with van der Waals surface area (Å²) in [4.78, 5) is 50.4. The number of fused-ring (bicyclic) bond motifs is 2. The van der Waals surface area contributed by atoms with Gasteiger partial charge in [-0.15, -0.1) is 0 Å². The normalized spacial score (nSPS) is 25.2. The number of phenolic OH excluding ortho intramolecular Hbond substituents is 1. The van der Waals surface area contributed by atoms with E-state index in [1.807, 2.05) is 46.8 Å². The number of aromatic hydroxyl groups is 1. The number of unbranched alkanes of at least 4 members (excludes halogenated alkanes) is 9. The molecule has 1 fully saturated rings. The number of ether oxygens (including phenoxy) is 3. The molecule has 0 amide bonds. The first kappa shape index (κ1) is 53.1. The highest BCUT2D eigenvalue weighted by Crippen LogP contribution is 2.64. The fourth-order valence-corrected chi connectivity index (χ4v) is 10.7. The van der Waals surface area contributed by atoms with Gasteiger partial charge >= 0.3 is 17.9 Å². The summed E-state index contributed by atoms with van der Waals surface area (Å²) < 4.78 is 20.2. The summed E-state index contributed by atoms with van der Waals surface area (Å²) in [6.07, 6.45) is 35.0. The third-order valence-corrected chi connectivity index (χ3v) is 14.4. The van der Waals surface area contributed by atoms with Gasteiger partial charge in [-0.1, -0.05) is 105 Å². The van der Waals surface area contributed by atoms with Crippen molar-refractivity contribution >= 4 is 29.8 Å². The van der Waals surface area contributed by atoms with Gasteiger partial charge < -0.3 is 34.6 Å². The molecule has 2 aliphatic carbocycles. The van der Waals surface area contributed by atoms with E-state index in [9.17, 15) is 34.5 Å². The van der Waals surface area contributed by atoms with Crippen LogP contribution in [0.25, 0.3) is 6.08 Å². The first-order chi connectivity index (χ1) is 31.7. The molecule has 1 aromatic rings. The van der Waals surface area contributed by atoms with Crippen molar-refractivity contribution in [2.45, 2.75) is 206 Å². The quantitative estimate of drug-likeness (QED) is 0.0494. The highest BCUT2D eigenvalue weighted by molar-refractivity contribution is 6.17. The molecule has 1 saturated heterocycles. The first-order valence-electron chi connectivity index (χ1n) is 24.9. The number of carbonyl (C=O) groups excluding carboxylic acids is 1.